The van der Waals surface area contributed by atoms with Crippen molar-refractivity contribution in [1.29, 1.82) is 0 Å². The maximum atomic E-state index is 4.77. The lowest BCUT2D eigenvalue weighted by Gasteiger charge is -2.28. The highest BCUT2D eigenvalue weighted by atomic mass is 79.9. The van der Waals surface area contributed by atoms with Crippen LogP contribution in [0.15, 0.2) is 16.2 Å². The Labute approximate surface area is 121 Å². The zero-order valence-electron chi connectivity index (χ0n) is 10.0. The van der Waals surface area contributed by atoms with E-state index in [9.17, 15) is 0 Å². The number of piperazine rings is 1. The minimum Gasteiger partial charge on any atom is -0.338 e. The van der Waals surface area contributed by atoms with E-state index >= 15 is 0 Å². The number of hydrogen-bond acceptors (Lipinski definition) is 6. The van der Waals surface area contributed by atoms with Crippen LogP contribution in [0.4, 0.5) is 5.95 Å². The Morgan fingerprint density at radius 3 is 3.00 bits per heavy atom. The van der Waals surface area contributed by atoms with Crippen LogP contribution in [-0.2, 0) is 0 Å². The Morgan fingerprint density at radius 1 is 1.32 bits per heavy atom. The summed E-state index contributed by atoms with van der Waals surface area (Å²) >= 11 is 5.15. The lowest BCUT2D eigenvalue weighted by Crippen LogP contribution is -2.44. The first-order valence-electron chi connectivity index (χ1n) is 6.07. The highest BCUT2D eigenvalue weighted by Crippen LogP contribution is 2.32. The van der Waals surface area contributed by atoms with Crippen molar-refractivity contribution in [1.82, 2.24) is 24.9 Å². The molecule has 19 heavy (non-hydrogen) atoms. The van der Waals surface area contributed by atoms with Crippen LogP contribution >= 0.6 is 27.3 Å². The number of aromatic nitrogens is 4. The SMILES string of the molecule is Brc1cc2c(nc(N3CCNCC3)n3ncnc23)s1. The molecule has 0 radical (unpaired) electrons. The number of fused-ring (bicyclic) bond motifs is 3. The molecule has 3 aromatic heterocycles. The van der Waals surface area contributed by atoms with Gasteiger partial charge in [-0.1, -0.05) is 0 Å². The van der Waals surface area contributed by atoms with E-state index in [-0.39, 0.29) is 0 Å². The van der Waals surface area contributed by atoms with Crippen LogP contribution in [0.1, 0.15) is 0 Å². The average molecular weight is 339 g/mol. The van der Waals surface area contributed by atoms with E-state index in [1.807, 2.05) is 4.52 Å². The van der Waals surface area contributed by atoms with Crippen LogP contribution in [0.25, 0.3) is 15.9 Å². The van der Waals surface area contributed by atoms with Gasteiger partial charge < -0.3 is 10.2 Å². The summed E-state index contributed by atoms with van der Waals surface area (Å²) in [5, 5.41) is 8.72. The first-order chi connectivity index (χ1) is 9.33. The van der Waals surface area contributed by atoms with Gasteiger partial charge in [-0.25, -0.2) is 9.97 Å². The zero-order valence-corrected chi connectivity index (χ0v) is 12.4. The van der Waals surface area contributed by atoms with Gasteiger partial charge >= 0.3 is 0 Å². The molecule has 0 amide bonds. The van der Waals surface area contributed by atoms with Gasteiger partial charge in [-0.3, -0.25) is 0 Å². The van der Waals surface area contributed by atoms with Crippen LogP contribution in [0.5, 0.6) is 0 Å². The maximum Gasteiger partial charge on any atom is 0.230 e. The summed E-state index contributed by atoms with van der Waals surface area (Å²) in [6.07, 6.45) is 1.59. The molecule has 0 bridgehead atoms. The van der Waals surface area contributed by atoms with E-state index < -0.39 is 0 Å². The molecule has 0 unspecified atom stereocenters. The summed E-state index contributed by atoms with van der Waals surface area (Å²) in [6, 6.07) is 2.05. The molecule has 8 heteroatoms. The molecule has 0 spiro atoms. The van der Waals surface area contributed by atoms with Crippen LogP contribution < -0.4 is 10.2 Å². The van der Waals surface area contributed by atoms with Gasteiger partial charge in [-0.05, 0) is 22.0 Å². The van der Waals surface area contributed by atoms with Gasteiger partial charge in [-0.2, -0.15) is 9.61 Å². The maximum absolute atomic E-state index is 4.77. The number of rotatable bonds is 1. The van der Waals surface area contributed by atoms with Crippen molar-refractivity contribution >= 4 is 49.1 Å². The molecule has 4 heterocycles. The third kappa shape index (κ3) is 1.82. The molecule has 6 nitrogen and oxygen atoms in total. The van der Waals surface area contributed by atoms with Crippen molar-refractivity contribution < 1.29 is 0 Å². The molecular formula is C11H11BrN6S. The average Bonchev–Trinajstić information content (AvgIpc) is 3.03. The van der Waals surface area contributed by atoms with Gasteiger partial charge in [0.25, 0.3) is 0 Å². The van der Waals surface area contributed by atoms with E-state index in [1.54, 1.807) is 17.7 Å². The van der Waals surface area contributed by atoms with Crippen LogP contribution in [-0.4, -0.2) is 45.8 Å². The van der Waals surface area contributed by atoms with Gasteiger partial charge in [-0.15, -0.1) is 11.3 Å². The molecule has 1 saturated heterocycles. The topological polar surface area (TPSA) is 58.4 Å². The molecule has 1 N–H and O–H groups in total. The van der Waals surface area contributed by atoms with Crippen LogP contribution in [0, 0.1) is 0 Å². The second-order valence-corrected chi connectivity index (χ2v) is 6.82. The molecule has 3 aromatic rings. The van der Waals surface area contributed by atoms with Gasteiger partial charge in [0.05, 0.1) is 9.17 Å². The number of hydrogen-bond donors (Lipinski definition) is 1. The van der Waals surface area contributed by atoms with E-state index in [4.69, 9.17) is 4.98 Å². The quantitative estimate of drug-likeness (QED) is 0.728. The zero-order chi connectivity index (χ0) is 12.8. The van der Waals surface area contributed by atoms with Crippen molar-refractivity contribution in [2.75, 3.05) is 31.1 Å². The molecular weight excluding hydrogens is 328 g/mol. The Kier molecular flexibility index (Phi) is 2.68. The smallest absolute Gasteiger partial charge is 0.230 e. The Balaban J connectivity index is 1.98. The predicted octanol–water partition coefficient (Wildman–Crippen LogP) is 1.51. The summed E-state index contributed by atoms with van der Waals surface area (Å²) in [5.74, 6) is 0.885. The molecule has 0 saturated carbocycles. The summed E-state index contributed by atoms with van der Waals surface area (Å²) in [4.78, 5) is 12.4. The van der Waals surface area contributed by atoms with E-state index in [1.165, 1.54) is 0 Å². The Bertz CT molecular complexity index is 744. The highest BCUT2D eigenvalue weighted by molar-refractivity contribution is 9.11. The third-order valence-electron chi connectivity index (χ3n) is 3.26. The van der Waals surface area contributed by atoms with Gasteiger partial charge in [0.2, 0.25) is 5.95 Å². The standard InChI is InChI=1S/C11H11BrN6S/c12-8-5-7-9-14-6-15-18(9)11(16-10(7)19-8)17-3-1-13-2-4-17/h5-6,13H,1-4H2. The van der Waals surface area contributed by atoms with Gasteiger partial charge in [0, 0.05) is 26.2 Å². The van der Waals surface area contributed by atoms with Gasteiger partial charge in [0.1, 0.15) is 11.2 Å². The summed E-state index contributed by atoms with van der Waals surface area (Å²) in [5.41, 5.74) is 0.875. The lowest BCUT2D eigenvalue weighted by atomic mass is 10.3. The monoisotopic (exact) mass is 338 g/mol. The second kappa shape index (κ2) is 4.39. The fourth-order valence-corrected chi connectivity index (χ4v) is 3.81. The Hall–Kier alpha value is -1.25. The highest BCUT2D eigenvalue weighted by Gasteiger charge is 2.19. The van der Waals surface area contributed by atoms with Crippen molar-refractivity contribution in [3.8, 4) is 0 Å². The molecule has 1 fully saturated rings. The number of nitrogens with one attached hydrogen (secondary N) is 1. The normalized spacial score (nSPS) is 16.6. The lowest BCUT2D eigenvalue weighted by molar-refractivity contribution is 0.575. The predicted molar refractivity (Wildman–Crippen MR) is 78.9 cm³/mol. The van der Waals surface area contributed by atoms with Crippen molar-refractivity contribution in [2.45, 2.75) is 0 Å². The molecule has 1 aliphatic rings. The Morgan fingerprint density at radius 2 is 2.16 bits per heavy atom. The minimum atomic E-state index is 0.875. The van der Waals surface area contributed by atoms with Crippen molar-refractivity contribution in [2.24, 2.45) is 0 Å². The summed E-state index contributed by atoms with van der Waals surface area (Å²) in [6.45, 7) is 3.84. The number of nitrogens with zero attached hydrogens (tertiary/aromatic N) is 5. The fourth-order valence-electron chi connectivity index (χ4n) is 2.37. The van der Waals surface area contributed by atoms with Gasteiger partial charge in [0.15, 0.2) is 5.65 Å². The van der Waals surface area contributed by atoms with Crippen LogP contribution in [0.2, 0.25) is 0 Å². The van der Waals surface area contributed by atoms with E-state index in [0.29, 0.717) is 0 Å². The van der Waals surface area contributed by atoms with E-state index in [0.717, 1.165) is 51.8 Å². The minimum absolute atomic E-state index is 0.875. The third-order valence-corrected chi connectivity index (χ3v) is 4.79. The summed E-state index contributed by atoms with van der Waals surface area (Å²) < 4.78 is 2.91. The fraction of sp³-hybridized carbons (Fsp3) is 0.364. The molecule has 98 valence electrons. The van der Waals surface area contributed by atoms with Crippen molar-refractivity contribution in [3.05, 3.63) is 16.2 Å². The molecule has 0 aromatic carbocycles. The number of anilines is 1. The number of halogens is 1. The van der Waals surface area contributed by atoms with Crippen LogP contribution in [0.3, 0.4) is 0 Å². The van der Waals surface area contributed by atoms with Crippen molar-refractivity contribution in [3.63, 3.8) is 0 Å². The molecule has 1 aliphatic heterocycles. The number of thiophene rings is 1. The molecule has 0 aliphatic carbocycles. The second-order valence-electron chi connectivity index (χ2n) is 4.41. The molecule has 4 rings (SSSR count). The van der Waals surface area contributed by atoms with E-state index in [2.05, 4.69) is 42.3 Å². The first-order valence-corrected chi connectivity index (χ1v) is 7.68. The largest absolute Gasteiger partial charge is 0.338 e. The summed E-state index contributed by atoms with van der Waals surface area (Å²) in [7, 11) is 0. The molecule has 0 atom stereocenters. The first kappa shape index (κ1) is 11.6.